The summed E-state index contributed by atoms with van der Waals surface area (Å²) < 4.78 is 0. The van der Waals surface area contributed by atoms with Gasteiger partial charge in [0.05, 0.1) is 0 Å². The van der Waals surface area contributed by atoms with E-state index in [4.69, 9.17) is 5.73 Å². The number of nitrogens with two attached hydrogens (primary N) is 1. The van der Waals surface area contributed by atoms with E-state index in [0.29, 0.717) is 6.04 Å². The van der Waals surface area contributed by atoms with Crippen LogP contribution in [-0.2, 0) is 13.0 Å². The number of hydrogen-bond acceptors (Lipinski definition) is 2. The highest BCUT2D eigenvalue weighted by Gasteiger charge is 2.11. The van der Waals surface area contributed by atoms with Crippen molar-refractivity contribution in [2.75, 3.05) is 13.6 Å². The minimum atomic E-state index is 0.633. The van der Waals surface area contributed by atoms with Crippen molar-refractivity contribution in [3.63, 3.8) is 0 Å². The summed E-state index contributed by atoms with van der Waals surface area (Å²) in [7, 11) is 2.21. The Bertz CT molecular complexity index is 329. The Balaban J connectivity index is 2.50. The van der Waals surface area contributed by atoms with Crippen LogP contribution in [0, 0.1) is 5.92 Å². The summed E-state index contributed by atoms with van der Waals surface area (Å²) in [6.45, 7) is 8.63. The van der Waals surface area contributed by atoms with Crippen LogP contribution in [0.4, 0.5) is 0 Å². The zero-order chi connectivity index (χ0) is 13.5. The van der Waals surface area contributed by atoms with E-state index < -0.39 is 0 Å². The van der Waals surface area contributed by atoms with Crippen molar-refractivity contribution in [1.82, 2.24) is 4.90 Å². The summed E-state index contributed by atoms with van der Waals surface area (Å²) in [5.41, 5.74) is 8.27. The fourth-order valence-electron chi connectivity index (χ4n) is 2.28. The third kappa shape index (κ3) is 5.19. The van der Waals surface area contributed by atoms with Crippen molar-refractivity contribution < 1.29 is 0 Å². The van der Waals surface area contributed by atoms with E-state index in [-0.39, 0.29) is 0 Å². The molecule has 2 heteroatoms. The molecule has 0 bridgehead atoms. The molecule has 2 N–H and O–H groups in total. The minimum Gasteiger partial charge on any atom is -0.330 e. The molecule has 0 aliphatic carbocycles. The summed E-state index contributed by atoms with van der Waals surface area (Å²) in [5, 5.41) is 0. The first-order valence-corrected chi connectivity index (χ1v) is 7.01. The maximum Gasteiger partial charge on any atom is 0.0233 e. The summed E-state index contributed by atoms with van der Waals surface area (Å²) in [5.74, 6) is 0.759. The van der Waals surface area contributed by atoms with Gasteiger partial charge in [-0.15, -0.1) is 0 Å². The first kappa shape index (κ1) is 15.2. The summed E-state index contributed by atoms with van der Waals surface area (Å²) >= 11 is 0. The predicted molar refractivity (Wildman–Crippen MR) is 79.6 cm³/mol. The van der Waals surface area contributed by atoms with Crippen LogP contribution < -0.4 is 5.73 Å². The Morgan fingerprint density at radius 2 is 1.61 bits per heavy atom. The van der Waals surface area contributed by atoms with Crippen LogP contribution in [0.3, 0.4) is 0 Å². The van der Waals surface area contributed by atoms with Crippen LogP contribution in [0.15, 0.2) is 24.3 Å². The zero-order valence-corrected chi connectivity index (χ0v) is 12.3. The normalized spacial score (nSPS) is 13.3. The van der Waals surface area contributed by atoms with Crippen molar-refractivity contribution in [2.45, 2.75) is 46.2 Å². The summed E-state index contributed by atoms with van der Waals surface area (Å²) in [6.07, 6.45) is 2.22. The molecule has 1 aromatic rings. The van der Waals surface area contributed by atoms with Crippen molar-refractivity contribution >= 4 is 0 Å². The Morgan fingerprint density at radius 1 is 1.06 bits per heavy atom. The van der Waals surface area contributed by atoms with Crippen molar-refractivity contribution in [3.8, 4) is 0 Å². The van der Waals surface area contributed by atoms with Crippen LogP contribution in [0.1, 0.15) is 38.3 Å². The summed E-state index contributed by atoms with van der Waals surface area (Å²) in [6, 6.07) is 9.48. The van der Waals surface area contributed by atoms with Gasteiger partial charge >= 0.3 is 0 Å². The van der Waals surface area contributed by atoms with Crippen LogP contribution in [-0.4, -0.2) is 24.5 Å². The van der Waals surface area contributed by atoms with E-state index in [9.17, 15) is 0 Å². The first-order valence-electron chi connectivity index (χ1n) is 7.01. The molecule has 1 aromatic carbocycles. The average Bonchev–Trinajstić information content (AvgIpc) is 2.31. The van der Waals surface area contributed by atoms with Crippen LogP contribution in [0.2, 0.25) is 0 Å². The second kappa shape index (κ2) is 7.55. The third-order valence-corrected chi connectivity index (χ3v) is 3.45. The SMILES string of the molecule is CC(C)CC(C)N(C)Cc1ccc(CCN)cc1. The van der Waals surface area contributed by atoms with Gasteiger partial charge in [-0.1, -0.05) is 38.1 Å². The third-order valence-electron chi connectivity index (χ3n) is 3.45. The van der Waals surface area contributed by atoms with Gasteiger partial charge in [-0.3, -0.25) is 4.90 Å². The Hall–Kier alpha value is -0.860. The molecule has 0 saturated carbocycles. The maximum absolute atomic E-state index is 5.56. The number of hydrogen-bond donors (Lipinski definition) is 1. The molecular weight excluding hydrogens is 220 g/mol. The fourth-order valence-corrected chi connectivity index (χ4v) is 2.28. The second-order valence-electron chi connectivity index (χ2n) is 5.75. The molecule has 0 saturated heterocycles. The molecule has 0 heterocycles. The molecule has 0 aliphatic heterocycles. The summed E-state index contributed by atoms with van der Waals surface area (Å²) in [4.78, 5) is 2.43. The van der Waals surface area contributed by atoms with E-state index in [1.54, 1.807) is 0 Å². The molecule has 2 nitrogen and oxygen atoms in total. The van der Waals surface area contributed by atoms with E-state index in [2.05, 4.69) is 57.0 Å². The van der Waals surface area contributed by atoms with Crippen molar-refractivity contribution in [2.24, 2.45) is 11.7 Å². The quantitative estimate of drug-likeness (QED) is 0.803. The lowest BCUT2D eigenvalue weighted by molar-refractivity contribution is 0.220. The monoisotopic (exact) mass is 248 g/mol. The topological polar surface area (TPSA) is 29.3 Å². The van der Waals surface area contributed by atoms with E-state index in [0.717, 1.165) is 25.4 Å². The number of rotatable bonds is 7. The van der Waals surface area contributed by atoms with Gasteiger partial charge in [-0.05, 0) is 50.4 Å². The van der Waals surface area contributed by atoms with Crippen molar-refractivity contribution in [1.29, 1.82) is 0 Å². The molecule has 0 spiro atoms. The molecule has 1 unspecified atom stereocenters. The molecule has 0 radical (unpaired) electrons. The molecule has 102 valence electrons. The van der Waals surface area contributed by atoms with Crippen molar-refractivity contribution in [3.05, 3.63) is 35.4 Å². The zero-order valence-electron chi connectivity index (χ0n) is 12.3. The van der Waals surface area contributed by atoms with Gasteiger partial charge in [0.1, 0.15) is 0 Å². The van der Waals surface area contributed by atoms with Gasteiger partial charge < -0.3 is 5.73 Å². The highest BCUT2D eigenvalue weighted by molar-refractivity contribution is 5.22. The lowest BCUT2D eigenvalue weighted by Crippen LogP contribution is -2.29. The predicted octanol–water partition coefficient (Wildman–Crippen LogP) is 3.05. The Kier molecular flexibility index (Phi) is 6.37. The smallest absolute Gasteiger partial charge is 0.0233 e. The van der Waals surface area contributed by atoms with Gasteiger partial charge in [0.25, 0.3) is 0 Å². The second-order valence-corrected chi connectivity index (χ2v) is 5.75. The first-order chi connectivity index (χ1) is 8.52. The average molecular weight is 248 g/mol. The van der Waals surface area contributed by atoms with Gasteiger partial charge in [0.15, 0.2) is 0 Å². The molecule has 1 rings (SSSR count). The van der Waals surface area contributed by atoms with Gasteiger partial charge in [0, 0.05) is 12.6 Å². The van der Waals surface area contributed by atoms with E-state index in [1.807, 2.05) is 0 Å². The van der Waals surface area contributed by atoms with Crippen LogP contribution >= 0.6 is 0 Å². The molecule has 0 fully saturated rings. The van der Waals surface area contributed by atoms with Crippen LogP contribution in [0.25, 0.3) is 0 Å². The number of nitrogens with zero attached hydrogens (tertiary/aromatic N) is 1. The molecule has 1 atom stereocenters. The molecular formula is C16H28N2. The molecule has 18 heavy (non-hydrogen) atoms. The lowest BCUT2D eigenvalue weighted by Gasteiger charge is -2.26. The largest absolute Gasteiger partial charge is 0.330 e. The van der Waals surface area contributed by atoms with Gasteiger partial charge in [-0.2, -0.15) is 0 Å². The fraction of sp³-hybridized carbons (Fsp3) is 0.625. The Morgan fingerprint density at radius 3 is 2.11 bits per heavy atom. The van der Waals surface area contributed by atoms with Crippen LogP contribution in [0.5, 0.6) is 0 Å². The lowest BCUT2D eigenvalue weighted by atomic mass is 10.0. The highest BCUT2D eigenvalue weighted by atomic mass is 15.1. The highest BCUT2D eigenvalue weighted by Crippen LogP contribution is 2.13. The van der Waals surface area contributed by atoms with E-state index >= 15 is 0 Å². The molecule has 0 amide bonds. The molecule has 0 aromatic heterocycles. The Labute approximate surface area is 112 Å². The maximum atomic E-state index is 5.56. The standard InChI is InChI=1S/C16H28N2/c1-13(2)11-14(3)18(4)12-16-7-5-15(6-8-16)9-10-17/h5-8,13-14H,9-12,17H2,1-4H3. The van der Waals surface area contributed by atoms with Gasteiger partial charge in [0.2, 0.25) is 0 Å². The van der Waals surface area contributed by atoms with Gasteiger partial charge in [-0.25, -0.2) is 0 Å². The number of benzene rings is 1. The molecule has 0 aliphatic rings. The minimum absolute atomic E-state index is 0.633. The van der Waals surface area contributed by atoms with E-state index in [1.165, 1.54) is 17.5 Å².